The molecule has 2 aliphatic rings. The molecule has 2 saturated heterocycles. The summed E-state index contributed by atoms with van der Waals surface area (Å²) in [5, 5.41) is 32.8. The van der Waals surface area contributed by atoms with Gasteiger partial charge in [-0.1, -0.05) is 0 Å². The summed E-state index contributed by atoms with van der Waals surface area (Å²) < 4.78 is 99.6. The lowest BCUT2D eigenvalue weighted by Gasteiger charge is -2.35. The molecule has 4 aromatic rings. The van der Waals surface area contributed by atoms with Crippen LogP contribution < -0.4 is 27.9 Å². The van der Waals surface area contributed by atoms with Gasteiger partial charge in [0.15, 0.2) is 34.8 Å². The average Bonchev–Trinajstić information content (AvgIpc) is 3.76. The van der Waals surface area contributed by atoms with Crippen molar-refractivity contribution in [3.8, 4) is 0 Å². The number of hydrogen-bond acceptors (Lipinski definition) is 15. The maximum atomic E-state index is 14.4. The molecule has 0 spiro atoms. The van der Waals surface area contributed by atoms with Crippen LogP contribution in [0.15, 0.2) is 27.2 Å². The number of aromatic amines is 2. The monoisotopic (exact) mass is 708 g/mol. The number of nitrogen functional groups attached to an aromatic ring is 2. The van der Waals surface area contributed by atoms with Gasteiger partial charge in [-0.25, -0.2) is 9.97 Å². The Morgan fingerprint density at radius 3 is 1.98 bits per heavy atom. The SMILES string of the molecule is Nc1nc2c(ncn2C2OC(CNC(N=CC3C(CO)OC(n4cnc5c(=O)[nH]c(N)nc54)C3O)(C(F)(F)F)C(F)(F)F)CC2O)c(=O)[nH]1. The van der Waals surface area contributed by atoms with Gasteiger partial charge in [-0.15, -0.1) is 0 Å². The molecule has 7 unspecified atom stereocenters. The number of fused-ring (bicyclic) bond motifs is 2. The molecule has 0 amide bonds. The summed E-state index contributed by atoms with van der Waals surface area (Å²) in [5.74, 6) is -2.45. The number of aliphatic imine (C=N–C) groups is 1. The van der Waals surface area contributed by atoms with E-state index in [2.05, 4.69) is 34.9 Å². The van der Waals surface area contributed by atoms with Gasteiger partial charge in [-0.2, -0.15) is 36.3 Å². The number of aliphatic hydroxyl groups excluding tert-OH is 3. The van der Waals surface area contributed by atoms with E-state index in [1.807, 2.05) is 0 Å². The smallest absolute Gasteiger partial charge is 0.394 e. The molecule has 2 aliphatic heterocycles. The molecule has 0 radical (unpaired) electrons. The van der Waals surface area contributed by atoms with Crippen LogP contribution >= 0.6 is 0 Å². The molecule has 0 bridgehead atoms. The Hall–Kier alpha value is -4.69. The van der Waals surface area contributed by atoms with Crippen molar-refractivity contribution in [2.45, 2.75) is 61.3 Å². The molecule has 49 heavy (non-hydrogen) atoms. The molecule has 0 saturated carbocycles. The lowest BCUT2D eigenvalue weighted by atomic mass is 9.99. The first-order valence-electron chi connectivity index (χ1n) is 14.1. The number of rotatable bonds is 8. The molecule has 10 N–H and O–H groups in total. The number of H-pyrrole nitrogens is 2. The molecule has 4 aromatic heterocycles. The third kappa shape index (κ3) is 5.76. The Bertz CT molecular complexity index is 1990. The van der Waals surface area contributed by atoms with Gasteiger partial charge in [-0.05, 0) is 0 Å². The molecule has 2 fully saturated rings. The minimum absolute atomic E-state index is 0.160. The van der Waals surface area contributed by atoms with Crippen LogP contribution in [0.1, 0.15) is 18.9 Å². The molecule has 6 rings (SSSR count). The van der Waals surface area contributed by atoms with Crippen LogP contribution in [0.3, 0.4) is 0 Å². The topological polar surface area (TPSA) is 283 Å². The van der Waals surface area contributed by atoms with Crippen molar-refractivity contribution < 1.29 is 51.1 Å². The van der Waals surface area contributed by atoms with Crippen LogP contribution in [-0.2, 0) is 9.47 Å². The molecule has 266 valence electrons. The number of aliphatic hydroxyl groups is 3. The van der Waals surface area contributed by atoms with Crippen molar-refractivity contribution in [2.24, 2.45) is 10.9 Å². The fourth-order valence-electron chi connectivity index (χ4n) is 5.72. The number of aromatic nitrogens is 8. The normalized spacial score (nSPS) is 26.9. The summed E-state index contributed by atoms with van der Waals surface area (Å²) >= 11 is 0. The number of nitrogens with two attached hydrogens (primary N) is 2. The van der Waals surface area contributed by atoms with E-state index in [4.69, 9.17) is 20.9 Å². The van der Waals surface area contributed by atoms with Gasteiger partial charge in [-0.3, -0.25) is 39.0 Å². The second-order valence-electron chi connectivity index (χ2n) is 11.2. The van der Waals surface area contributed by atoms with Gasteiger partial charge in [0.2, 0.25) is 11.9 Å². The Morgan fingerprint density at radius 2 is 1.47 bits per heavy atom. The number of hydrogen-bond donors (Lipinski definition) is 8. The van der Waals surface area contributed by atoms with Gasteiger partial charge in [0.05, 0.1) is 37.4 Å². The van der Waals surface area contributed by atoms with Gasteiger partial charge < -0.3 is 36.3 Å². The van der Waals surface area contributed by atoms with Crippen LogP contribution in [0.4, 0.5) is 38.2 Å². The number of nitrogens with zero attached hydrogens (tertiary/aromatic N) is 7. The Morgan fingerprint density at radius 1 is 0.939 bits per heavy atom. The van der Waals surface area contributed by atoms with Crippen molar-refractivity contribution in [3.05, 3.63) is 33.4 Å². The summed E-state index contributed by atoms with van der Waals surface area (Å²) in [6.07, 6.45) is -20.0. The second kappa shape index (κ2) is 12.0. The van der Waals surface area contributed by atoms with E-state index in [9.17, 15) is 51.3 Å². The highest BCUT2D eigenvalue weighted by Gasteiger charge is 2.71. The summed E-state index contributed by atoms with van der Waals surface area (Å²) in [6, 6.07) is 0. The second-order valence-corrected chi connectivity index (χ2v) is 11.2. The molecule has 0 aromatic carbocycles. The van der Waals surface area contributed by atoms with Crippen LogP contribution in [0.2, 0.25) is 0 Å². The maximum absolute atomic E-state index is 14.4. The molecule has 7 atom stereocenters. The molecule has 0 aliphatic carbocycles. The predicted octanol–water partition coefficient (Wildman–Crippen LogP) is -1.59. The van der Waals surface area contributed by atoms with E-state index in [0.717, 1.165) is 21.8 Å². The summed E-state index contributed by atoms with van der Waals surface area (Å²) in [6.45, 7) is -2.14. The highest BCUT2D eigenvalue weighted by Crippen LogP contribution is 2.45. The molecule has 6 heterocycles. The largest absolute Gasteiger partial charge is 0.436 e. The van der Waals surface area contributed by atoms with Gasteiger partial charge in [0, 0.05) is 19.2 Å². The van der Waals surface area contributed by atoms with Crippen molar-refractivity contribution in [1.82, 2.24) is 44.4 Å². The number of nitrogens with one attached hydrogen (secondary N) is 3. The quantitative estimate of drug-likeness (QED) is 0.0757. The number of ether oxygens (including phenoxy) is 2. The highest BCUT2D eigenvalue weighted by molar-refractivity contribution is 5.71. The van der Waals surface area contributed by atoms with Gasteiger partial charge in [0.25, 0.3) is 11.1 Å². The standard InChI is InChI=1S/C24H26F6N12O7/c25-23(26,27)22(24(28,29)30,35-2-7-1-9(44)18(48-7)41-5-33-11-14(41)37-20(31)39-16(11)46)36-3-8-10(4-43)49-19(13(8)45)42-6-34-12-15(42)38-21(32)40-17(12)47/h3,5-10,13,18-19,35,43-45H,1-2,4H2,(H3,31,37,39,46)(H3,32,38,40,47). The van der Waals surface area contributed by atoms with Gasteiger partial charge in [0.1, 0.15) is 12.2 Å². The molecular weight excluding hydrogens is 682 g/mol. The first-order chi connectivity index (χ1) is 23.0. The lowest BCUT2D eigenvalue weighted by molar-refractivity contribution is -0.305. The van der Waals surface area contributed by atoms with Crippen molar-refractivity contribution in [3.63, 3.8) is 0 Å². The van der Waals surface area contributed by atoms with E-state index in [1.54, 1.807) is 0 Å². The highest BCUT2D eigenvalue weighted by atomic mass is 19.4. The van der Waals surface area contributed by atoms with Crippen LogP contribution in [0.25, 0.3) is 22.3 Å². The summed E-state index contributed by atoms with van der Waals surface area (Å²) in [7, 11) is 0. The molecule has 19 nitrogen and oxygen atoms in total. The first kappa shape index (κ1) is 34.2. The summed E-state index contributed by atoms with van der Waals surface area (Å²) in [4.78, 5) is 47.0. The number of anilines is 2. The number of halogens is 6. The Labute approximate surface area is 266 Å². The minimum Gasteiger partial charge on any atom is -0.394 e. The van der Waals surface area contributed by atoms with E-state index >= 15 is 0 Å². The fourth-order valence-corrected chi connectivity index (χ4v) is 5.72. The first-order valence-corrected chi connectivity index (χ1v) is 14.1. The Balaban J connectivity index is 1.26. The average molecular weight is 709 g/mol. The van der Waals surface area contributed by atoms with Gasteiger partial charge >= 0.3 is 18.0 Å². The van der Waals surface area contributed by atoms with E-state index in [1.165, 1.54) is 5.32 Å². The van der Waals surface area contributed by atoms with E-state index < -0.39 is 91.5 Å². The van der Waals surface area contributed by atoms with Crippen LogP contribution in [-0.4, -0.2) is 116 Å². The minimum atomic E-state index is -6.14. The van der Waals surface area contributed by atoms with Crippen LogP contribution in [0.5, 0.6) is 0 Å². The zero-order valence-electron chi connectivity index (χ0n) is 24.4. The third-order valence-corrected chi connectivity index (χ3v) is 8.07. The summed E-state index contributed by atoms with van der Waals surface area (Å²) in [5.41, 5.74) is 3.73. The van der Waals surface area contributed by atoms with E-state index in [-0.39, 0.29) is 40.4 Å². The molecule has 25 heteroatoms. The number of alkyl halides is 6. The van der Waals surface area contributed by atoms with Crippen molar-refractivity contribution in [2.75, 3.05) is 24.6 Å². The maximum Gasteiger partial charge on any atom is 0.436 e. The van der Waals surface area contributed by atoms with E-state index in [0.29, 0.717) is 0 Å². The fraction of sp³-hybridized carbons (Fsp3) is 0.542. The predicted molar refractivity (Wildman–Crippen MR) is 151 cm³/mol. The van der Waals surface area contributed by atoms with Crippen LogP contribution in [0, 0.1) is 5.92 Å². The zero-order chi connectivity index (χ0) is 35.6. The van der Waals surface area contributed by atoms with Crippen molar-refractivity contribution >= 4 is 40.4 Å². The number of imidazole rings is 2. The lowest BCUT2D eigenvalue weighted by Crippen LogP contribution is -2.66. The molecular formula is C24H26F6N12O7. The zero-order valence-corrected chi connectivity index (χ0v) is 24.4. The van der Waals surface area contributed by atoms with Crippen molar-refractivity contribution in [1.29, 1.82) is 0 Å². The Kier molecular flexibility index (Phi) is 8.39. The third-order valence-electron chi connectivity index (χ3n) is 8.07.